The Morgan fingerprint density at radius 2 is 1.94 bits per heavy atom. The molecule has 2 aromatic rings. The number of ether oxygens (including phenoxy) is 2. The molecule has 1 fully saturated rings. The van der Waals surface area contributed by atoms with Gasteiger partial charge in [-0.25, -0.2) is 0 Å². The molecule has 0 saturated carbocycles. The molecule has 0 N–H and O–H groups in total. The summed E-state index contributed by atoms with van der Waals surface area (Å²) in [7, 11) is 7.41. The maximum atomic E-state index is 13.5. The minimum absolute atomic E-state index is 0.154. The number of carbonyl (C=O) groups excluding carboxylic acids is 1. The molecule has 32 heavy (non-hydrogen) atoms. The summed E-state index contributed by atoms with van der Waals surface area (Å²) in [4.78, 5) is 17.9. The highest BCUT2D eigenvalue weighted by molar-refractivity contribution is 5.94. The van der Waals surface area contributed by atoms with Gasteiger partial charge in [-0.2, -0.15) is 5.10 Å². The number of likely N-dealkylation sites (N-methyl/N-ethyl adjacent to an activating group) is 1. The van der Waals surface area contributed by atoms with Crippen LogP contribution >= 0.6 is 0 Å². The fraction of sp³-hybridized carbons (Fsp3) is 0.600. The van der Waals surface area contributed by atoms with Crippen molar-refractivity contribution in [2.45, 2.75) is 51.0 Å². The molecule has 174 valence electrons. The average molecular weight is 441 g/mol. The lowest BCUT2D eigenvalue weighted by Crippen LogP contribution is -2.49. The molecule has 2 aliphatic rings. The highest BCUT2D eigenvalue weighted by Crippen LogP contribution is 2.28. The molecule has 1 aliphatic heterocycles. The van der Waals surface area contributed by atoms with Crippen molar-refractivity contribution in [3.8, 4) is 11.5 Å². The predicted octanol–water partition coefficient (Wildman–Crippen LogP) is 3.10. The first-order chi connectivity index (χ1) is 15.5. The smallest absolute Gasteiger partial charge is 0.272 e. The number of nitrogens with zero attached hydrogens (tertiary/aromatic N) is 4. The Balaban J connectivity index is 1.38. The van der Waals surface area contributed by atoms with Crippen molar-refractivity contribution in [1.29, 1.82) is 0 Å². The predicted molar refractivity (Wildman–Crippen MR) is 125 cm³/mol. The van der Waals surface area contributed by atoms with E-state index in [4.69, 9.17) is 9.47 Å². The van der Waals surface area contributed by atoms with Crippen LogP contribution in [0.1, 0.15) is 53.0 Å². The van der Waals surface area contributed by atoms with Gasteiger partial charge in [0, 0.05) is 38.3 Å². The quantitative estimate of drug-likeness (QED) is 0.662. The Hall–Kier alpha value is -2.54. The lowest BCUT2D eigenvalue weighted by atomic mass is 9.95. The molecule has 1 aromatic carbocycles. The molecule has 1 unspecified atom stereocenters. The summed E-state index contributed by atoms with van der Waals surface area (Å²) in [6, 6.07) is 6.48. The van der Waals surface area contributed by atoms with Gasteiger partial charge < -0.3 is 19.3 Å². The van der Waals surface area contributed by atoms with Crippen LogP contribution in [0.3, 0.4) is 0 Å². The molecule has 0 spiro atoms. The number of benzene rings is 1. The molecule has 1 atom stereocenters. The molecule has 0 bridgehead atoms. The van der Waals surface area contributed by atoms with Crippen LogP contribution in [0.25, 0.3) is 0 Å². The number of carbonyl (C=O) groups is 1. The van der Waals surface area contributed by atoms with Crippen LogP contribution in [-0.4, -0.2) is 72.4 Å². The van der Waals surface area contributed by atoms with Crippen molar-refractivity contribution in [2.75, 3.05) is 40.9 Å². The van der Waals surface area contributed by atoms with Crippen LogP contribution in [0.15, 0.2) is 18.2 Å². The maximum Gasteiger partial charge on any atom is 0.272 e. The van der Waals surface area contributed by atoms with Gasteiger partial charge >= 0.3 is 0 Å². The first kappa shape index (κ1) is 22.6. The monoisotopic (exact) mass is 440 g/mol. The topological polar surface area (TPSA) is 59.8 Å². The number of fused-ring (bicyclic) bond motifs is 1. The summed E-state index contributed by atoms with van der Waals surface area (Å²) >= 11 is 0. The third-order valence-electron chi connectivity index (χ3n) is 7.03. The zero-order valence-electron chi connectivity index (χ0n) is 19.9. The molecule has 1 aromatic heterocycles. The van der Waals surface area contributed by atoms with E-state index >= 15 is 0 Å². The van der Waals surface area contributed by atoms with Crippen LogP contribution in [0, 0.1) is 0 Å². The van der Waals surface area contributed by atoms with Gasteiger partial charge in [0.2, 0.25) is 0 Å². The Morgan fingerprint density at radius 3 is 2.72 bits per heavy atom. The van der Waals surface area contributed by atoms with Gasteiger partial charge in [-0.15, -0.1) is 0 Å². The largest absolute Gasteiger partial charge is 0.493 e. The lowest BCUT2D eigenvalue weighted by Gasteiger charge is -2.38. The summed E-state index contributed by atoms with van der Waals surface area (Å²) in [5.41, 5.74) is 4.35. The highest BCUT2D eigenvalue weighted by Gasteiger charge is 2.31. The minimum atomic E-state index is 0.154. The molecular formula is C25H36N4O3. The Bertz CT molecular complexity index is 955. The van der Waals surface area contributed by atoms with Gasteiger partial charge in [0.05, 0.1) is 19.9 Å². The number of aromatic nitrogens is 2. The van der Waals surface area contributed by atoms with Crippen LogP contribution in [0.4, 0.5) is 0 Å². The average Bonchev–Trinajstić information content (AvgIpc) is 3.17. The van der Waals surface area contributed by atoms with Gasteiger partial charge in [-0.05, 0) is 69.7 Å². The summed E-state index contributed by atoms with van der Waals surface area (Å²) in [6.45, 7) is 2.54. The van der Waals surface area contributed by atoms with E-state index in [1.165, 1.54) is 17.5 Å². The maximum absolute atomic E-state index is 13.5. The molecule has 7 nitrogen and oxygen atoms in total. The van der Waals surface area contributed by atoms with Crippen molar-refractivity contribution in [1.82, 2.24) is 19.6 Å². The second-order valence-electron chi connectivity index (χ2n) is 9.07. The summed E-state index contributed by atoms with van der Waals surface area (Å²) in [5, 5.41) is 4.65. The molecular weight excluding hydrogens is 404 g/mol. The minimum Gasteiger partial charge on any atom is -0.493 e. The van der Waals surface area contributed by atoms with E-state index in [-0.39, 0.29) is 5.91 Å². The summed E-state index contributed by atoms with van der Waals surface area (Å²) in [5.74, 6) is 1.67. The van der Waals surface area contributed by atoms with E-state index in [1.54, 1.807) is 14.2 Å². The Kier molecular flexibility index (Phi) is 7.04. The van der Waals surface area contributed by atoms with E-state index in [2.05, 4.69) is 29.2 Å². The zero-order valence-corrected chi connectivity index (χ0v) is 19.9. The van der Waals surface area contributed by atoms with E-state index in [1.807, 2.05) is 22.7 Å². The summed E-state index contributed by atoms with van der Waals surface area (Å²) in [6.07, 6.45) is 7.39. The molecule has 1 aliphatic carbocycles. The van der Waals surface area contributed by atoms with E-state index in [0.29, 0.717) is 6.04 Å². The molecule has 2 heterocycles. The number of piperidine rings is 1. The van der Waals surface area contributed by atoms with Crippen molar-refractivity contribution in [3.63, 3.8) is 0 Å². The van der Waals surface area contributed by atoms with Gasteiger partial charge in [-0.3, -0.25) is 9.48 Å². The van der Waals surface area contributed by atoms with Gasteiger partial charge in [0.25, 0.3) is 5.91 Å². The van der Waals surface area contributed by atoms with Crippen molar-refractivity contribution in [2.24, 2.45) is 7.05 Å². The van der Waals surface area contributed by atoms with Gasteiger partial charge in [0.1, 0.15) is 5.69 Å². The van der Waals surface area contributed by atoms with E-state index in [9.17, 15) is 4.79 Å². The van der Waals surface area contributed by atoms with E-state index in [0.717, 1.165) is 81.0 Å². The number of amides is 1. The number of rotatable bonds is 7. The van der Waals surface area contributed by atoms with Crippen molar-refractivity contribution >= 4 is 5.91 Å². The van der Waals surface area contributed by atoms with Crippen LogP contribution in [0.5, 0.6) is 11.5 Å². The Labute approximate surface area is 191 Å². The third-order valence-corrected chi connectivity index (χ3v) is 7.03. The number of methoxy groups -OCH3 is 2. The molecule has 4 rings (SSSR count). The van der Waals surface area contributed by atoms with E-state index < -0.39 is 0 Å². The zero-order chi connectivity index (χ0) is 22.7. The number of likely N-dealkylation sites (tertiary alicyclic amines) is 1. The van der Waals surface area contributed by atoms with Gasteiger partial charge in [-0.1, -0.05) is 6.07 Å². The highest BCUT2D eigenvalue weighted by atomic mass is 16.5. The Morgan fingerprint density at radius 1 is 1.16 bits per heavy atom. The SMILES string of the molecule is COc1ccc(CCN(C)C2CCCN(C(=O)c3c4c(nn3C)CCCC4)C2)cc1OC. The van der Waals surface area contributed by atoms with Crippen LogP contribution in [0.2, 0.25) is 0 Å². The second kappa shape index (κ2) is 9.94. The van der Waals surface area contributed by atoms with Crippen molar-refractivity contribution in [3.05, 3.63) is 40.7 Å². The lowest BCUT2D eigenvalue weighted by molar-refractivity contribution is 0.0600. The standard InChI is InChI=1S/C25H36N4O3/c1-27(15-13-18-11-12-22(31-3)23(16-18)32-4)19-8-7-14-29(17-19)25(30)24-20-9-5-6-10-21(20)26-28(24)2/h11-12,16,19H,5-10,13-15,17H2,1-4H3. The molecule has 1 amide bonds. The van der Waals surface area contributed by atoms with Crippen LogP contribution in [-0.2, 0) is 26.3 Å². The van der Waals surface area contributed by atoms with Crippen LogP contribution < -0.4 is 9.47 Å². The number of hydrogen-bond acceptors (Lipinski definition) is 5. The second-order valence-corrected chi connectivity index (χ2v) is 9.07. The fourth-order valence-corrected chi connectivity index (χ4v) is 5.12. The number of hydrogen-bond donors (Lipinski definition) is 0. The molecule has 7 heteroatoms. The first-order valence-electron chi connectivity index (χ1n) is 11.8. The summed E-state index contributed by atoms with van der Waals surface area (Å²) < 4.78 is 12.6. The van der Waals surface area contributed by atoms with Crippen molar-refractivity contribution < 1.29 is 14.3 Å². The fourth-order valence-electron chi connectivity index (χ4n) is 5.12. The number of aryl methyl sites for hydroxylation is 2. The molecule has 0 radical (unpaired) electrons. The first-order valence-corrected chi connectivity index (χ1v) is 11.8. The van der Waals surface area contributed by atoms with Gasteiger partial charge in [0.15, 0.2) is 11.5 Å². The third kappa shape index (κ3) is 4.63. The molecule has 1 saturated heterocycles. The normalized spacial score (nSPS) is 18.5.